The van der Waals surface area contributed by atoms with Crippen LogP contribution >= 0.6 is 15.9 Å². The summed E-state index contributed by atoms with van der Waals surface area (Å²) in [6, 6.07) is 9.86. The lowest BCUT2D eigenvalue weighted by Crippen LogP contribution is -2.52. The van der Waals surface area contributed by atoms with Gasteiger partial charge in [-0.25, -0.2) is 0 Å². The predicted molar refractivity (Wildman–Crippen MR) is 94.0 cm³/mol. The Hall–Kier alpha value is -2.31. The van der Waals surface area contributed by atoms with Crippen LogP contribution in [0.2, 0.25) is 0 Å². The Morgan fingerprint density at radius 3 is 2.76 bits per heavy atom. The molecule has 0 N–H and O–H groups in total. The van der Waals surface area contributed by atoms with E-state index in [0.717, 1.165) is 41.4 Å². The number of benzene rings is 1. The molecule has 1 fully saturated rings. The molecule has 2 heterocycles. The number of likely N-dealkylation sites (N-methyl/N-ethyl adjacent to an activating group) is 1. The fourth-order valence-corrected chi connectivity index (χ4v) is 5.35. The largest absolute Gasteiger partial charge is 0.461 e. The molecule has 3 aliphatic rings. The smallest absolute Gasteiger partial charge is 0.276 e. The Kier molecular flexibility index (Phi) is 3.63. The van der Waals surface area contributed by atoms with E-state index in [-0.39, 0.29) is 23.5 Å². The number of carbonyl (C=O) groups is 1. The monoisotopic (exact) mass is 397 g/mol. The first-order chi connectivity index (χ1) is 12.1. The van der Waals surface area contributed by atoms with E-state index in [1.807, 2.05) is 24.3 Å². The Morgan fingerprint density at radius 1 is 1.28 bits per heavy atom. The molecule has 1 spiro atoms. The maximum absolute atomic E-state index is 13.4. The van der Waals surface area contributed by atoms with Crippen LogP contribution in [0, 0.1) is 34.5 Å². The lowest BCUT2D eigenvalue weighted by Gasteiger charge is -2.46. The van der Waals surface area contributed by atoms with E-state index < -0.39 is 5.60 Å². The molecule has 5 nitrogen and oxygen atoms in total. The molecule has 1 aromatic rings. The van der Waals surface area contributed by atoms with Gasteiger partial charge in [-0.15, -0.1) is 0 Å². The van der Waals surface area contributed by atoms with Gasteiger partial charge < -0.3 is 9.64 Å². The molecule has 1 aromatic carbocycles. The van der Waals surface area contributed by atoms with Gasteiger partial charge in [0.2, 0.25) is 11.4 Å². The lowest BCUT2D eigenvalue weighted by molar-refractivity contribution is -0.153. The molecule has 1 saturated carbocycles. The number of fused-ring (bicyclic) bond motifs is 4. The van der Waals surface area contributed by atoms with Crippen molar-refractivity contribution >= 4 is 27.5 Å². The highest BCUT2D eigenvalue weighted by Gasteiger charge is 2.63. The fourth-order valence-electron chi connectivity index (χ4n) is 4.70. The van der Waals surface area contributed by atoms with Crippen molar-refractivity contribution in [3.8, 4) is 12.1 Å². The second kappa shape index (κ2) is 5.61. The summed E-state index contributed by atoms with van der Waals surface area (Å²) in [4.78, 5) is 15.0. The predicted octanol–water partition coefficient (Wildman–Crippen LogP) is 3.76. The molecule has 126 valence electrons. The molecule has 25 heavy (non-hydrogen) atoms. The van der Waals surface area contributed by atoms with Crippen LogP contribution in [0.25, 0.3) is 0 Å². The van der Waals surface area contributed by atoms with Crippen molar-refractivity contribution in [2.75, 3.05) is 11.9 Å². The summed E-state index contributed by atoms with van der Waals surface area (Å²) in [5.74, 6) is -0.410. The molecule has 3 unspecified atom stereocenters. The number of carbonyl (C=O) groups excluding carboxylic acids is 1. The van der Waals surface area contributed by atoms with Crippen molar-refractivity contribution in [1.82, 2.24) is 0 Å². The second-order valence-electron chi connectivity index (χ2n) is 6.80. The number of rotatable bonds is 0. The van der Waals surface area contributed by atoms with E-state index in [0.29, 0.717) is 5.57 Å². The molecule has 1 amide bonds. The summed E-state index contributed by atoms with van der Waals surface area (Å²) in [6.45, 7) is 0. The second-order valence-corrected chi connectivity index (χ2v) is 7.65. The highest BCUT2D eigenvalue weighted by molar-refractivity contribution is 9.10. The van der Waals surface area contributed by atoms with Gasteiger partial charge in [-0.1, -0.05) is 34.8 Å². The van der Waals surface area contributed by atoms with Crippen molar-refractivity contribution in [2.45, 2.75) is 31.3 Å². The number of allylic oxidation sites excluding steroid dienone is 2. The quantitative estimate of drug-likeness (QED) is 0.667. The molecule has 1 aliphatic carbocycles. The lowest BCUT2D eigenvalue weighted by atomic mass is 9.64. The number of hydrogen-bond donors (Lipinski definition) is 0. The van der Waals surface area contributed by atoms with E-state index in [9.17, 15) is 15.3 Å². The van der Waals surface area contributed by atoms with Crippen molar-refractivity contribution in [3.05, 3.63) is 39.6 Å². The minimum Gasteiger partial charge on any atom is -0.461 e. The van der Waals surface area contributed by atoms with Gasteiger partial charge in [0, 0.05) is 28.9 Å². The number of halogens is 1. The van der Waals surface area contributed by atoms with Gasteiger partial charge >= 0.3 is 0 Å². The molecule has 6 heteroatoms. The average molecular weight is 398 g/mol. The van der Waals surface area contributed by atoms with Gasteiger partial charge in [0.1, 0.15) is 6.07 Å². The summed E-state index contributed by atoms with van der Waals surface area (Å²) < 4.78 is 6.92. The number of nitrogens with zero attached hydrogens (tertiary/aromatic N) is 3. The van der Waals surface area contributed by atoms with Crippen LogP contribution < -0.4 is 4.90 Å². The number of hydrogen-bond acceptors (Lipinski definition) is 4. The first-order valence-electron chi connectivity index (χ1n) is 8.36. The van der Waals surface area contributed by atoms with Crippen molar-refractivity contribution in [1.29, 1.82) is 10.5 Å². The molecule has 0 radical (unpaired) electrons. The van der Waals surface area contributed by atoms with Crippen LogP contribution in [0.15, 0.2) is 34.0 Å². The summed E-state index contributed by atoms with van der Waals surface area (Å²) in [7, 11) is 1.74. The van der Waals surface area contributed by atoms with Crippen molar-refractivity contribution in [3.63, 3.8) is 0 Å². The van der Waals surface area contributed by atoms with E-state index in [1.165, 1.54) is 0 Å². The first-order valence-corrected chi connectivity index (χ1v) is 9.16. The van der Waals surface area contributed by atoms with Crippen molar-refractivity contribution in [2.24, 2.45) is 11.8 Å². The minimum absolute atomic E-state index is 0.00370. The highest BCUT2D eigenvalue weighted by Crippen LogP contribution is 2.59. The van der Waals surface area contributed by atoms with Crippen LogP contribution in [-0.4, -0.2) is 13.0 Å². The zero-order valence-corrected chi connectivity index (χ0v) is 15.3. The Morgan fingerprint density at radius 2 is 2.04 bits per heavy atom. The third-order valence-electron chi connectivity index (χ3n) is 5.74. The van der Waals surface area contributed by atoms with Crippen LogP contribution in [0.4, 0.5) is 5.69 Å². The molecular formula is C19H16BrN3O2. The Bertz CT molecular complexity index is 895. The SMILES string of the molecule is CN1C(=O)C2(OC(C#N)=C(C#N)C3CCCCC32)c2c(Br)cccc21. The number of nitriles is 2. The van der Waals surface area contributed by atoms with Crippen LogP contribution in [-0.2, 0) is 15.1 Å². The average Bonchev–Trinajstić information content (AvgIpc) is 2.85. The molecule has 2 aliphatic heterocycles. The first kappa shape index (κ1) is 16.2. The van der Waals surface area contributed by atoms with Gasteiger partial charge in [-0.3, -0.25) is 4.79 Å². The van der Waals surface area contributed by atoms with Gasteiger partial charge in [0.25, 0.3) is 5.91 Å². The summed E-state index contributed by atoms with van der Waals surface area (Å²) in [5.41, 5.74) is 0.750. The topological polar surface area (TPSA) is 77.1 Å². The third-order valence-corrected chi connectivity index (χ3v) is 6.40. The maximum Gasteiger partial charge on any atom is 0.276 e. The fraction of sp³-hybridized carbons (Fsp3) is 0.421. The van der Waals surface area contributed by atoms with E-state index in [1.54, 1.807) is 11.9 Å². The molecule has 0 bridgehead atoms. The molecule has 0 aromatic heterocycles. The minimum atomic E-state index is -1.22. The zero-order valence-electron chi connectivity index (χ0n) is 13.8. The molecule has 0 saturated heterocycles. The third kappa shape index (κ3) is 1.95. The molecule has 4 rings (SSSR count). The highest BCUT2D eigenvalue weighted by atomic mass is 79.9. The van der Waals surface area contributed by atoms with Crippen LogP contribution in [0.1, 0.15) is 31.2 Å². The summed E-state index contributed by atoms with van der Waals surface area (Å²) >= 11 is 3.58. The molecular weight excluding hydrogens is 382 g/mol. The van der Waals surface area contributed by atoms with Gasteiger partial charge in [0.15, 0.2) is 0 Å². The van der Waals surface area contributed by atoms with Crippen LogP contribution in [0.3, 0.4) is 0 Å². The van der Waals surface area contributed by atoms with E-state index in [2.05, 4.69) is 22.0 Å². The number of ether oxygens (including phenoxy) is 1. The maximum atomic E-state index is 13.4. The number of anilines is 1. The van der Waals surface area contributed by atoms with E-state index >= 15 is 0 Å². The normalized spacial score (nSPS) is 30.4. The van der Waals surface area contributed by atoms with Crippen LogP contribution in [0.5, 0.6) is 0 Å². The molecule has 3 atom stereocenters. The van der Waals surface area contributed by atoms with E-state index in [4.69, 9.17) is 4.74 Å². The standard InChI is InChI=1S/C19H16BrN3O2/c1-23-15-8-4-7-14(20)17(15)19(18(23)24)13-6-3-2-5-11(13)12(9-21)16(10-22)25-19/h4,7-8,11,13H,2-3,5-6H2,1H3. The summed E-state index contributed by atoms with van der Waals surface area (Å²) in [5, 5.41) is 19.2. The van der Waals surface area contributed by atoms with Crippen molar-refractivity contribution < 1.29 is 9.53 Å². The summed E-state index contributed by atoms with van der Waals surface area (Å²) in [6.07, 6.45) is 3.59. The Labute approximate surface area is 154 Å². The van der Waals surface area contributed by atoms with Gasteiger partial charge in [0.05, 0.1) is 17.3 Å². The number of amides is 1. The van der Waals surface area contributed by atoms with Gasteiger partial charge in [-0.05, 0) is 25.0 Å². The Balaban J connectivity index is 2.02. The van der Waals surface area contributed by atoms with Gasteiger partial charge in [-0.2, -0.15) is 10.5 Å². The zero-order chi connectivity index (χ0) is 17.8.